The van der Waals surface area contributed by atoms with E-state index in [0.29, 0.717) is 5.25 Å². The third-order valence-corrected chi connectivity index (χ3v) is 7.06. The lowest BCUT2D eigenvalue weighted by molar-refractivity contribution is 0.0648. The van der Waals surface area contributed by atoms with E-state index in [1.807, 2.05) is 0 Å². The van der Waals surface area contributed by atoms with Gasteiger partial charge in [0.05, 0.1) is 5.60 Å². The molecule has 0 spiro atoms. The van der Waals surface area contributed by atoms with E-state index in [1.165, 1.54) is 0 Å². The van der Waals surface area contributed by atoms with Crippen LogP contribution in [-0.2, 0) is 10.8 Å². The summed E-state index contributed by atoms with van der Waals surface area (Å²) >= 11 is 1.67. The van der Waals surface area contributed by atoms with Crippen molar-refractivity contribution in [3.8, 4) is 0 Å². The molecule has 0 aromatic heterocycles. The van der Waals surface area contributed by atoms with Crippen molar-refractivity contribution in [3.63, 3.8) is 0 Å². The Kier molecular flexibility index (Phi) is 3.71. The van der Waals surface area contributed by atoms with Gasteiger partial charge in [-0.25, -0.2) is 0 Å². The molecule has 0 amide bonds. The van der Waals surface area contributed by atoms with Crippen LogP contribution in [0.3, 0.4) is 0 Å². The summed E-state index contributed by atoms with van der Waals surface area (Å²) < 4.78 is 11.6. The minimum Gasteiger partial charge on any atom is -0.388 e. The Morgan fingerprint density at radius 2 is 2.07 bits per heavy atom. The van der Waals surface area contributed by atoms with Gasteiger partial charge in [0, 0.05) is 21.8 Å². The van der Waals surface area contributed by atoms with Gasteiger partial charge in [0.1, 0.15) is 4.08 Å². The van der Waals surface area contributed by atoms with Gasteiger partial charge >= 0.3 is 0 Å². The Morgan fingerprint density at radius 3 is 2.36 bits per heavy atom. The molecule has 1 aliphatic heterocycles. The molecule has 0 radical (unpaired) electrons. The normalized spacial score (nSPS) is 34.0. The van der Waals surface area contributed by atoms with Crippen LogP contribution in [0.4, 0.5) is 0 Å². The van der Waals surface area contributed by atoms with E-state index < -0.39 is 20.5 Å². The molecule has 0 aromatic carbocycles. The van der Waals surface area contributed by atoms with Crippen LogP contribution in [0, 0.1) is 0 Å². The average molecular weight is 236 g/mol. The largest absolute Gasteiger partial charge is 0.388 e. The molecule has 0 bridgehead atoms. The molecule has 0 aromatic rings. The minimum absolute atomic E-state index is 0.406. The predicted molar refractivity (Wildman–Crippen MR) is 64.0 cm³/mol. The van der Waals surface area contributed by atoms with Gasteiger partial charge in [-0.3, -0.25) is 4.21 Å². The molecule has 1 fully saturated rings. The Balaban J connectivity index is 2.96. The molecule has 1 rings (SSSR count). The van der Waals surface area contributed by atoms with Gasteiger partial charge in [0.2, 0.25) is 0 Å². The third kappa shape index (κ3) is 2.17. The second-order valence-corrected chi connectivity index (χ2v) is 8.56. The summed E-state index contributed by atoms with van der Waals surface area (Å²) in [7, 11) is -0.896. The van der Waals surface area contributed by atoms with E-state index in [9.17, 15) is 9.32 Å². The molecule has 2 atom stereocenters. The number of aliphatic hydroxyl groups is 1. The van der Waals surface area contributed by atoms with E-state index in [4.69, 9.17) is 0 Å². The summed E-state index contributed by atoms with van der Waals surface area (Å²) in [5, 5.41) is 10.6. The number of hydrogen-bond acceptors (Lipinski definition) is 3. The first kappa shape index (κ1) is 12.5. The zero-order valence-corrected chi connectivity index (χ0v) is 11.0. The lowest BCUT2D eigenvalue weighted by Gasteiger charge is -2.39. The summed E-state index contributed by atoms with van der Waals surface area (Å²) in [5.74, 6) is 0.740. The van der Waals surface area contributed by atoms with Crippen molar-refractivity contribution in [2.45, 2.75) is 55.5 Å². The highest BCUT2D eigenvalue weighted by Gasteiger charge is 2.52. The van der Waals surface area contributed by atoms with Crippen molar-refractivity contribution in [2.75, 3.05) is 5.75 Å². The van der Waals surface area contributed by atoms with Crippen LogP contribution in [0.1, 0.15) is 40.5 Å². The van der Waals surface area contributed by atoms with Gasteiger partial charge in [0.15, 0.2) is 0 Å². The molecule has 84 valence electrons. The van der Waals surface area contributed by atoms with Crippen LogP contribution in [0.25, 0.3) is 0 Å². The van der Waals surface area contributed by atoms with E-state index >= 15 is 0 Å². The van der Waals surface area contributed by atoms with E-state index in [1.54, 1.807) is 25.6 Å². The van der Waals surface area contributed by atoms with Gasteiger partial charge in [-0.2, -0.15) is 0 Å². The molecule has 1 N–H and O–H groups in total. The van der Waals surface area contributed by atoms with E-state index in [0.717, 1.165) is 18.6 Å². The van der Waals surface area contributed by atoms with Crippen LogP contribution >= 0.6 is 11.8 Å². The van der Waals surface area contributed by atoms with Crippen LogP contribution in [0.2, 0.25) is 0 Å². The Morgan fingerprint density at radius 1 is 1.50 bits per heavy atom. The number of rotatable bonds is 3. The first-order valence-corrected chi connectivity index (χ1v) is 7.28. The van der Waals surface area contributed by atoms with Crippen LogP contribution < -0.4 is 0 Å². The fourth-order valence-corrected chi connectivity index (χ4v) is 6.17. The maximum absolute atomic E-state index is 12.0. The zero-order valence-electron chi connectivity index (χ0n) is 9.37. The highest BCUT2D eigenvalue weighted by atomic mass is 32.2. The number of hydrogen-bond donors (Lipinski definition) is 1. The topological polar surface area (TPSA) is 37.3 Å². The van der Waals surface area contributed by atoms with Gasteiger partial charge in [0.25, 0.3) is 0 Å². The van der Waals surface area contributed by atoms with Crippen LogP contribution in [0.5, 0.6) is 0 Å². The van der Waals surface area contributed by atoms with Crippen molar-refractivity contribution >= 4 is 22.6 Å². The Hall–Kier alpha value is 0.460. The molecule has 14 heavy (non-hydrogen) atoms. The van der Waals surface area contributed by atoms with Gasteiger partial charge in [-0.15, -0.1) is 11.8 Å². The molecule has 0 aliphatic carbocycles. The molecular weight excluding hydrogens is 216 g/mol. The second-order valence-electron chi connectivity index (χ2n) is 4.63. The fourth-order valence-electron chi connectivity index (χ4n) is 1.94. The van der Waals surface area contributed by atoms with Crippen molar-refractivity contribution in [1.29, 1.82) is 0 Å². The monoisotopic (exact) mass is 236 g/mol. The molecule has 4 heteroatoms. The quantitative estimate of drug-likeness (QED) is 0.816. The second kappa shape index (κ2) is 4.14. The molecule has 0 saturated carbocycles. The Labute approximate surface area is 93.3 Å². The fraction of sp³-hybridized carbons (Fsp3) is 1.00. The van der Waals surface area contributed by atoms with Crippen molar-refractivity contribution in [2.24, 2.45) is 0 Å². The average Bonchev–Trinajstić information content (AvgIpc) is 2.30. The van der Waals surface area contributed by atoms with E-state index in [-0.39, 0.29) is 0 Å². The molecule has 2 nitrogen and oxygen atoms in total. The molecule has 1 unspecified atom stereocenters. The summed E-state index contributed by atoms with van der Waals surface area (Å²) in [5.41, 5.74) is -0.858. The summed E-state index contributed by atoms with van der Waals surface area (Å²) in [6.07, 6.45) is 1.84. The highest BCUT2D eigenvalue weighted by Crippen LogP contribution is 2.48. The summed E-state index contributed by atoms with van der Waals surface area (Å²) in [6, 6.07) is 0. The van der Waals surface area contributed by atoms with Gasteiger partial charge in [-0.1, -0.05) is 13.8 Å². The Bertz CT molecular complexity index is 233. The lowest BCUT2D eigenvalue weighted by atomic mass is 10.0. The molecule has 1 aliphatic rings. The van der Waals surface area contributed by atoms with Crippen LogP contribution in [0.15, 0.2) is 0 Å². The van der Waals surface area contributed by atoms with E-state index in [2.05, 4.69) is 13.8 Å². The molecular formula is C10H20O2S2. The minimum atomic E-state index is -0.896. The van der Waals surface area contributed by atoms with Crippen molar-refractivity contribution < 1.29 is 9.32 Å². The van der Waals surface area contributed by atoms with Crippen molar-refractivity contribution in [1.82, 2.24) is 0 Å². The predicted octanol–water partition coefficient (Wildman–Crippen LogP) is 2.14. The highest BCUT2D eigenvalue weighted by molar-refractivity contribution is 8.13. The summed E-state index contributed by atoms with van der Waals surface area (Å²) in [4.78, 5) is 0. The molecule has 1 heterocycles. The van der Waals surface area contributed by atoms with Crippen molar-refractivity contribution in [3.05, 3.63) is 0 Å². The van der Waals surface area contributed by atoms with Gasteiger partial charge < -0.3 is 5.11 Å². The SMILES string of the molecule is CC(C)S[C@@]1(C(C)(C)O)CCCS1=O. The van der Waals surface area contributed by atoms with Crippen LogP contribution in [-0.4, -0.2) is 30.0 Å². The smallest absolute Gasteiger partial charge is 0.119 e. The maximum Gasteiger partial charge on any atom is 0.119 e. The number of thioether (sulfide) groups is 1. The lowest BCUT2D eigenvalue weighted by Crippen LogP contribution is -2.49. The third-order valence-electron chi connectivity index (χ3n) is 2.56. The summed E-state index contributed by atoms with van der Waals surface area (Å²) in [6.45, 7) is 7.75. The first-order valence-electron chi connectivity index (χ1n) is 5.08. The molecule has 1 saturated heterocycles. The first-order chi connectivity index (χ1) is 6.29. The van der Waals surface area contributed by atoms with Gasteiger partial charge in [-0.05, 0) is 26.7 Å². The standard InChI is InChI=1S/C10H20O2S2/c1-8(2)13-10(9(3,4)11)6-5-7-14(10)12/h8,11H,5-7H2,1-4H3/t10-,14?/m0/s1. The maximum atomic E-state index is 12.0. The zero-order chi connectivity index (χ0) is 11.0.